The van der Waals surface area contributed by atoms with Crippen LogP contribution in [-0.4, -0.2) is 4.92 Å². The Bertz CT molecular complexity index is 1140. The van der Waals surface area contributed by atoms with Gasteiger partial charge in [-0.3, -0.25) is 10.1 Å². The van der Waals surface area contributed by atoms with E-state index >= 15 is 0 Å². The van der Waals surface area contributed by atoms with Gasteiger partial charge < -0.3 is 0 Å². The van der Waals surface area contributed by atoms with Crippen LogP contribution >= 0.6 is 15.9 Å². The van der Waals surface area contributed by atoms with Crippen molar-refractivity contribution in [2.24, 2.45) is 0 Å². The summed E-state index contributed by atoms with van der Waals surface area (Å²) in [4.78, 5) is 10.4. The van der Waals surface area contributed by atoms with E-state index < -0.39 is 0 Å². The molecule has 0 fully saturated rings. The number of nitro groups is 1. The second-order valence-electron chi connectivity index (χ2n) is 7.07. The minimum absolute atomic E-state index is 0.112. The molecule has 0 aliphatic carbocycles. The summed E-state index contributed by atoms with van der Waals surface area (Å²) >= 11 is 3.46. The Labute approximate surface area is 183 Å². The van der Waals surface area contributed by atoms with Crippen LogP contribution in [0.2, 0.25) is 0 Å². The third-order valence-electron chi connectivity index (χ3n) is 4.91. The molecule has 0 radical (unpaired) electrons. The van der Waals surface area contributed by atoms with Crippen molar-refractivity contribution < 1.29 is 14.1 Å². The summed E-state index contributed by atoms with van der Waals surface area (Å²) in [5, 5.41) is 10.8. The van der Waals surface area contributed by atoms with Gasteiger partial charge in [-0.1, -0.05) is 28.1 Å². The van der Waals surface area contributed by atoms with E-state index in [9.17, 15) is 10.1 Å². The fourth-order valence-electron chi connectivity index (χ4n) is 3.24. The summed E-state index contributed by atoms with van der Waals surface area (Å²) in [6, 6.07) is 23.4. The molecule has 30 heavy (non-hydrogen) atoms. The standard InChI is InChI=1S/C24H20BrN3O2/c25-23-5-1-19(2-6-23)17-26-13-9-21(10-14-26)22-11-15-27(16-12-22)18-20-3-7-24(8-4-20)28(29)30/h1-16H,17-18H2/q+2. The van der Waals surface area contributed by atoms with Gasteiger partial charge in [0.05, 0.1) is 4.92 Å². The zero-order valence-corrected chi connectivity index (χ0v) is 17.8. The average molecular weight is 462 g/mol. The molecule has 0 amide bonds. The number of hydrogen-bond acceptors (Lipinski definition) is 2. The number of hydrogen-bond donors (Lipinski definition) is 0. The minimum atomic E-state index is -0.381. The normalized spacial score (nSPS) is 10.7. The van der Waals surface area contributed by atoms with Crippen molar-refractivity contribution in [2.75, 3.05) is 0 Å². The van der Waals surface area contributed by atoms with Crippen molar-refractivity contribution in [1.82, 2.24) is 0 Å². The lowest BCUT2D eigenvalue weighted by atomic mass is 10.1. The van der Waals surface area contributed by atoms with Crippen LogP contribution in [0.15, 0.2) is 102 Å². The van der Waals surface area contributed by atoms with E-state index in [2.05, 4.69) is 86.0 Å². The Balaban J connectivity index is 1.42. The average Bonchev–Trinajstić information content (AvgIpc) is 2.77. The number of non-ortho nitro benzene ring substituents is 1. The molecule has 6 heteroatoms. The number of halogens is 1. The highest BCUT2D eigenvalue weighted by molar-refractivity contribution is 9.10. The Hall–Kier alpha value is -3.38. The lowest BCUT2D eigenvalue weighted by Crippen LogP contribution is -2.33. The third-order valence-corrected chi connectivity index (χ3v) is 5.43. The Morgan fingerprint density at radius 2 is 1.07 bits per heavy atom. The molecule has 0 unspecified atom stereocenters. The molecule has 2 heterocycles. The van der Waals surface area contributed by atoms with Gasteiger partial charge in [0.15, 0.2) is 37.9 Å². The number of aromatic nitrogens is 2. The monoisotopic (exact) mass is 461 g/mol. The van der Waals surface area contributed by atoms with Crippen molar-refractivity contribution in [2.45, 2.75) is 13.1 Å². The largest absolute Gasteiger partial charge is 0.269 e. The predicted octanol–water partition coefficient (Wildman–Crippen LogP) is 4.70. The van der Waals surface area contributed by atoms with Crippen molar-refractivity contribution in [3.8, 4) is 11.1 Å². The van der Waals surface area contributed by atoms with E-state index in [4.69, 9.17) is 0 Å². The smallest absolute Gasteiger partial charge is 0.258 e. The number of benzene rings is 2. The Kier molecular flexibility index (Phi) is 5.95. The van der Waals surface area contributed by atoms with Gasteiger partial charge in [-0.2, -0.15) is 0 Å². The van der Waals surface area contributed by atoms with Gasteiger partial charge in [0.2, 0.25) is 0 Å². The molecule has 0 N–H and O–H groups in total. The molecule has 0 spiro atoms. The second kappa shape index (κ2) is 8.97. The van der Waals surface area contributed by atoms with E-state index in [0.717, 1.165) is 27.7 Å². The van der Waals surface area contributed by atoms with Crippen LogP contribution in [-0.2, 0) is 13.1 Å². The first-order valence-electron chi connectivity index (χ1n) is 9.53. The van der Waals surface area contributed by atoms with Gasteiger partial charge in [-0.05, 0) is 35.4 Å². The molecule has 0 saturated heterocycles. The topological polar surface area (TPSA) is 50.9 Å². The van der Waals surface area contributed by atoms with E-state index in [1.807, 2.05) is 12.4 Å². The zero-order valence-electron chi connectivity index (χ0n) is 16.2. The van der Waals surface area contributed by atoms with Crippen molar-refractivity contribution in [3.63, 3.8) is 0 Å². The molecule has 2 aromatic carbocycles. The maximum Gasteiger partial charge on any atom is 0.269 e. The summed E-state index contributed by atoms with van der Waals surface area (Å²) in [6.07, 6.45) is 8.24. The van der Waals surface area contributed by atoms with Gasteiger partial charge in [0.1, 0.15) is 0 Å². The van der Waals surface area contributed by atoms with Gasteiger partial charge >= 0.3 is 0 Å². The molecule has 0 aliphatic rings. The lowest BCUT2D eigenvalue weighted by molar-refractivity contribution is -0.688. The molecular weight excluding hydrogens is 442 g/mol. The molecule has 0 saturated carbocycles. The zero-order chi connectivity index (χ0) is 20.9. The maximum atomic E-state index is 10.8. The molecular formula is C24H20BrN3O2+2. The first-order chi connectivity index (χ1) is 14.6. The highest BCUT2D eigenvalue weighted by atomic mass is 79.9. The number of nitro benzene ring substituents is 1. The number of rotatable bonds is 6. The minimum Gasteiger partial charge on any atom is -0.258 e. The van der Waals surface area contributed by atoms with Gasteiger partial charge in [0, 0.05) is 52.0 Å². The Morgan fingerprint density at radius 3 is 1.47 bits per heavy atom. The Morgan fingerprint density at radius 1 is 0.667 bits per heavy atom. The SMILES string of the molecule is O=[N+]([O-])c1ccc(C[n+]2ccc(-c3cc[n+](Cc4ccc(Br)cc4)cc3)cc2)cc1. The summed E-state index contributed by atoms with van der Waals surface area (Å²) in [7, 11) is 0. The fourth-order valence-corrected chi connectivity index (χ4v) is 3.51. The van der Waals surface area contributed by atoms with E-state index in [0.29, 0.717) is 6.54 Å². The van der Waals surface area contributed by atoms with E-state index in [1.165, 1.54) is 17.7 Å². The summed E-state index contributed by atoms with van der Waals surface area (Å²) in [6.45, 7) is 1.50. The van der Waals surface area contributed by atoms with E-state index in [1.54, 1.807) is 12.1 Å². The van der Waals surface area contributed by atoms with Crippen LogP contribution in [0.25, 0.3) is 11.1 Å². The maximum absolute atomic E-state index is 10.8. The van der Waals surface area contributed by atoms with Gasteiger partial charge in [-0.25, -0.2) is 9.13 Å². The molecule has 5 nitrogen and oxygen atoms in total. The number of pyridine rings is 2. The number of nitrogens with zero attached hydrogens (tertiary/aromatic N) is 3. The lowest BCUT2D eigenvalue weighted by Gasteiger charge is -2.02. The van der Waals surface area contributed by atoms with Crippen LogP contribution < -0.4 is 9.13 Å². The quantitative estimate of drug-likeness (QED) is 0.237. The van der Waals surface area contributed by atoms with Crippen LogP contribution in [0.1, 0.15) is 11.1 Å². The first kappa shape index (κ1) is 19.9. The molecule has 4 rings (SSSR count). The van der Waals surface area contributed by atoms with Gasteiger partial charge in [-0.15, -0.1) is 0 Å². The molecule has 0 aliphatic heterocycles. The van der Waals surface area contributed by atoms with Crippen LogP contribution in [0.4, 0.5) is 5.69 Å². The van der Waals surface area contributed by atoms with E-state index in [-0.39, 0.29) is 10.6 Å². The molecule has 0 bridgehead atoms. The summed E-state index contributed by atoms with van der Waals surface area (Å²) < 4.78 is 5.30. The molecule has 0 atom stereocenters. The highest BCUT2D eigenvalue weighted by Gasteiger charge is 2.09. The second-order valence-corrected chi connectivity index (χ2v) is 7.98. The summed E-state index contributed by atoms with van der Waals surface area (Å²) in [5.74, 6) is 0. The van der Waals surface area contributed by atoms with Crippen LogP contribution in [0.3, 0.4) is 0 Å². The third kappa shape index (κ3) is 4.96. The van der Waals surface area contributed by atoms with Crippen LogP contribution in [0, 0.1) is 10.1 Å². The van der Waals surface area contributed by atoms with Crippen LogP contribution in [0.5, 0.6) is 0 Å². The predicted molar refractivity (Wildman–Crippen MR) is 118 cm³/mol. The highest BCUT2D eigenvalue weighted by Crippen LogP contribution is 2.17. The molecule has 2 aromatic heterocycles. The van der Waals surface area contributed by atoms with Crippen molar-refractivity contribution in [3.05, 3.63) is 123 Å². The molecule has 4 aromatic rings. The fraction of sp³-hybridized carbons (Fsp3) is 0.0833. The van der Waals surface area contributed by atoms with Crippen molar-refractivity contribution in [1.29, 1.82) is 0 Å². The van der Waals surface area contributed by atoms with Gasteiger partial charge in [0.25, 0.3) is 5.69 Å². The summed E-state index contributed by atoms with van der Waals surface area (Å²) in [5.41, 5.74) is 4.69. The molecule has 148 valence electrons. The first-order valence-corrected chi connectivity index (χ1v) is 10.3. The van der Waals surface area contributed by atoms with Crippen molar-refractivity contribution >= 4 is 21.6 Å².